The van der Waals surface area contributed by atoms with E-state index in [1.165, 1.54) is 11.8 Å². The number of nitrogens with one attached hydrogen (secondary N) is 2. The van der Waals surface area contributed by atoms with Gasteiger partial charge in [-0.2, -0.15) is 11.8 Å². The lowest BCUT2D eigenvalue weighted by atomic mass is 9.98. The van der Waals surface area contributed by atoms with Gasteiger partial charge in [-0.15, -0.1) is 0 Å². The number of aliphatic hydroxyl groups excluding tert-OH is 1. The molecule has 0 heterocycles. The van der Waals surface area contributed by atoms with Crippen molar-refractivity contribution in [3.63, 3.8) is 0 Å². The molecule has 0 aliphatic carbocycles. The maximum absolute atomic E-state index is 12.8. The molecule has 6 nitrogen and oxygen atoms in total. The van der Waals surface area contributed by atoms with Gasteiger partial charge in [0.15, 0.2) is 0 Å². The number of aliphatic carboxylic acids is 1. The van der Waals surface area contributed by atoms with Gasteiger partial charge in [0.2, 0.25) is 0 Å². The zero-order chi connectivity index (χ0) is 19.6. The van der Waals surface area contributed by atoms with Crippen LogP contribution in [0.3, 0.4) is 0 Å². The molecular formula is C20H24N2O4S. The number of carbonyl (C=O) groups is 2. The Bertz CT molecular complexity index is 768. The van der Waals surface area contributed by atoms with Crippen molar-refractivity contribution >= 4 is 29.3 Å². The van der Waals surface area contributed by atoms with Crippen molar-refractivity contribution in [2.24, 2.45) is 0 Å². The lowest BCUT2D eigenvalue weighted by Gasteiger charge is -2.17. The van der Waals surface area contributed by atoms with Crippen LogP contribution in [0.5, 0.6) is 0 Å². The number of hydrogen-bond acceptors (Lipinski definition) is 5. The number of benzene rings is 2. The average molecular weight is 388 g/mol. The molecule has 2 rings (SSSR count). The third kappa shape index (κ3) is 6.01. The van der Waals surface area contributed by atoms with Crippen LogP contribution >= 0.6 is 11.8 Å². The van der Waals surface area contributed by atoms with Gasteiger partial charge in [0.1, 0.15) is 6.04 Å². The minimum Gasteiger partial charge on any atom is -0.480 e. The Morgan fingerprint density at radius 2 is 1.89 bits per heavy atom. The zero-order valence-electron chi connectivity index (χ0n) is 15.1. The Morgan fingerprint density at radius 3 is 2.52 bits per heavy atom. The van der Waals surface area contributed by atoms with Gasteiger partial charge in [-0.1, -0.05) is 30.3 Å². The third-order valence-electron chi connectivity index (χ3n) is 4.00. The van der Waals surface area contributed by atoms with Gasteiger partial charge in [0, 0.05) is 17.8 Å². The molecule has 0 aliphatic rings. The van der Waals surface area contributed by atoms with Crippen molar-refractivity contribution in [2.75, 3.05) is 30.5 Å². The van der Waals surface area contributed by atoms with Gasteiger partial charge in [0.25, 0.3) is 5.91 Å². The predicted octanol–water partition coefficient (Wildman–Crippen LogP) is 2.69. The molecular weight excluding hydrogens is 364 g/mol. The second kappa shape index (κ2) is 10.6. The second-order valence-corrected chi connectivity index (χ2v) is 6.91. The summed E-state index contributed by atoms with van der Waals surface area (Å²) in [4.78, 5) is 24.2. The number of carbonyl (C=O) groups excluding carboxylic acids is 1. The predicted molar refractivity (Wildman–Crippen MR) is 109 cm³/mol. The fraction of sp³-hybridized carbons (Fsp3) is 0.300. The molecule has 0 aliphatic heterocycles. The lowest BCUT2D eigenvalue weighted by molar-refractivity contribution is -0.139. The SMILES string of the molecule is CSCCC(NC(=O)c1ccc(NCCO)cc1-c1ccccc1)C(=O)O. The highest BCUT2D eigenvalue weighted by Crippen LogP contribution is 2.27. The van der Waals surface area contributed by atoms with Gasteiger partial charge in [0.05, 0.1) is 6.61 Å². The minimum absolute atomic E-state index is 0.00135. The van der Waals surface area contributed by atoms with Crippen LogP contribution in [0, 0.1) is 0 Å². The van der Waals surface area contributed by atoms with Crippen LogP contribution in [0.1, 0.15) is 16.8 Å². The van der Waals surface area contributed by atoms with E-state index in [1.54, 1.807) is 12.1 Å². The monoisotopic (exact) mass is 388 g/mol. The van der Waals surface area contributed by atoms with Crippen molar-refractivity contribution in [3.8, 4) is 11.1 Å². The largest absolute Gasteiger partial charge is 0.480 e. The molecule has 0 fully saturated rings. The topological polar surface area (TPSA) is 98.7 Å². The summed E-state index contributed by atoms with van der Waals surface area (Å²) in [5.41, 5.74) is 2.74. The molecule has 144 valence electrons. The molecule has 0 radical (unpaired) electrons. The first-order valence-electron chi connectivity index (χ1n) is 8.63. The Kier molecular flexibility index (Phi) is 8.16. The van der Waals surface area contributed by atoms with E-state index in [9.17, 15) is 14.7 Å². The van der Waals surface area contributed by atoms with Crippen LogP contribution in [0.25, 0.3) is 11.1 Å². The molecule has 1 atom stereocenters. The number of carboxylic acid groups (broad SMARTS) is 1. The smallest absolute Gasteiger partial charge is 0.326 e. The van der Waals surface area contributed by atoms with Gasteiger partial charge in [-0.3, -0.25) is 4.79 Å². The summed E-state index contributed by atoms with van der Waals surface area (Å²) in [7, 11) is 0. The maximum Gasteiger partial charge on any atom is 0.326 e. The molecule has 1 unspecified atom stereocenters. The van der Waals surface area contributed by atoms with Gasteiger partial charge < -0.3 is 20.8 Å². The Hall–Kier alpha value is -2.51. The van der Waals surface area contributed by atoms with E-state index in [0.717, 1.165) is 11.3 Å². The standard InChI is InChI=1S/C20H24N2O4S/c1-27-12-9-18(20(25)26)22-19(24)16-8-7-15(21-10-11-23)13-17(16)14-5-3-2-4-6-14/h2-8,13,18,21,23H,9-12H2,1H3,(H,22,24)(H,25,26). The van der Waals surface area contributed by atoms with E-state index >= 15 is 0 Å². The van der Waals surface area contributed by atoms with E-state index in [4.69, 9.17) is 5.11 Å². The molecule has 2 aromatic rings. The highest BCUT2D eigenvalue weighted by molar-refractivity contribution is 7.98. The number of hydrogen-bond donors (Lipinski definition) is 4. The fourth-order valence-corrected chi connectivity index (χ4v) is 3.11. The van der Waals surface area contributed by atoms with E-state index < -0.39 is 17.9 Å². The first-order valence-corrected chi connectivity index (χ1v) is 10.0. The van der Waals surface area contributed by atoms with Gasteiger partial charge in [-0.05, 0) is 47.8 Å². The van der Waals surface area contributed by atoms with Crippen LogP contribution in [-0.2, 0) is 4.79 Å². The summed E-state index contributed by atoms with van der Waals surface area (Å²) in [5.74, 6) is -0.816. The summed E-state index contributed by atoms with van der Waals surface area (Å²) < 4.78 is 0. The van der Waals surface area contributed by atoms with E-state index in [-0.39, 0.29) is 6.61 Å². The Balaban J connectivity index is 2.33. The molecule has 0 aromatic heterocycles. The van der Waals surface area contributed by atoms with Gasteiger partial charge >= 0.3 is 5.97 Å². The first-order chi connectivity index (χ1) is 13.1. The summed E-state index contributed by atoms with van der Waals surface area (Å²) >= 11 is 1.54. The molecule has 0 bridgehead atoms. The Labute approximate surface area is 163 Å². The summed E-state index contributed by atoms with van der Waals surface area (Å²) in [6.45, 7) is 0.397. The highest BCUT2D eigenvalue weighted by Gasteiger charge is 2.22. The fourth-order valence-electron chi connectivity index (χ4n) is 2.64. The number of aliphatic hydroxyl groups is 1. The first kappa shape index (κ1) is 20.8. The van der Waals surface area contributed by atoms with Crippen molar-refractivity contribution in [1.29, 1.82) is 0 Å². The van der Waals surface area contributed by atoms with Crippen molar-refractivity contribution < 1.29 is 19.8 Å². The van der Waals surface area contributed by atoms with Crippen molar-refractivity contribution in [3.05, 3.63) is 54.1 Å². The molecule has 4 N–H and O–H groups in total. The number of rotatable bonds is 10. The quantitative estimate of drug-likeness (QED) is 0.500. The molecule has 0 saturated heterocycles. The highest BCUT2D eigenvalue weighted by atomic mass is 32.2. The molecule has 7 heteroatoms. The van der Waals surface area contributed by atoms with Crippen LogP contribution in [0.15, 0.2) is 48.5 Å². The van der Waals surface area contributed by atoms with Crippen molar-refractivity contribution in [2.45, 2.75) is 12.5 Å². The lowest BCUT2D eigenvalue weighted by Crippen LogP contribution is -2.41. The second-order valence-electron chi connectivity index (χ2n) is 5.92. The minimum atomic E-state index is -1.04. The average Bonchev–Trinajstić information content (AvgIpc) is 2.69. The molecule has 0 spiro atoms. The normalized spacial score (nSPS) is 11.6. The van der Waals surface area contributed by atoms with Gasteiger partial charge in [-0.25, -0.2) is 4.79 Å². The number of carboxylic acids is 1. The van der Waals surface area contributed by atoms with E-state index in [1.807, 2.05) is 42.7 Å². The van der Waals surface area contributed by atoms with E-state index in [0.29, 0.717) is 29.8 Å². The Morgan fingerprint density at radius 1 is 1.15 bits per heavy atom. The van der Waals surface area contributed by atoms with Crippen LogP contribution in [0.4, 0.5) is 5.69 Å². The summed E-state index contributed by atoms with van der Waals surface area (Å²) in [5, 5.41) is 24.1. The molecule has 27 heavy (non-hydrogen) atoms. The number of anilines is 1. The summed E-state index contributed by atoms with van der Waals surface area (Å²) in [6.07, 6.45) is 2.26. The molecule has 0 saturated carbocycles. The number of thioether (sulfide) groups is 1. The maximum atomic E-state index is 12.8. The zero-order valence-corrected chi connectivity index (χ0v) is 16.0. The summed E-state index contributed by atoms with van der Waals surface area (Å²) in [6, 6.07) is 13.7. The third-order valence-corrected chi connectivity index (χ3v) is 4.65. The van der Waals surface area contributed by atoms with Crippen molar-refractivity contribution in [1.82, 2.24) is 5.32 Å². The molecule has 2 aromatic carbocycles. The van der Waals surface area contributed by atoms with Crippen LogP contribution in [0.2, 0.25) is 0 Å². The number of amides is 1. The van der Waals surface area contributed by atoms with Crippen LogP contribution < -0.4 is 10.6 Å². The van der Waals surface area contributed by atoms with E-state index in [2.05, 4.69) is 10.6 Å². The van der Waals surface area contributed by atoms with Crippen LogP contribution in [-0.4, -0.2) is 53.3 Å². The molecule has 1 amide bonds.